The van der Waals surface area contributed by atoms with Crippen LogP contribution >= 0.6 is 12.2 Å². The first kappa shape index (κ1) is 18.9. The van der Waals surface area contributed by atoms with Gasteiger partial charge in [-0.3, -0.25) is 10.1 Å². The molecule has 1 heterocycles. The molecule has 8 heteroatoms. The van der Waals surface area contributed by atoms with Crippen molar-refractivity contribution in [2.75, 3.05) is 13.1 Å². The van der Waals surface area contributed by atoms with Gasteiger partial charge in [-0.05, 0) is 60.3 Å². The third-order valence-corrected chi connectivity index (χ3v) is 5.06. The summed E-state index contributed by atoms with van der Waals surface area (Å²) in [7, 11) is 0. The Bertz CT molecular complexity index is 855. The van der Waals surface area contributed by atoms with Crippen LogP contribution in [0.15, 0.2) is 36.4 Å². The summed E-state index contributed by atoms with van der Waals surface area (Å²) in [6, 6.07) is 9.73. The van der Waals surface area contributed by atoms with E-state index >= 15 is 0 Å². The van der Waals surface area contributed by atoms with Gasteiger partial charge in [0.15, 0.2) is 16.6 Å². The van der Waals surface area contributed by atoms with E-state index < -0.39 is 4.92 Å². The molecule has 0 radical (unpaired) electrons. The highest BCUT2D eigenvalue weighted by atomic mass is 32.1. The summed E-state index contributed by atoms with van der Waals surface area (Å²) in [6.07, 6.45) is 2.43. The lowest BCUT2D eigenvalue weighted by Crippen LogP contribution is -2.40. The highest BCUT2D eigenvalue weighted by molar-refractivity contribution is 7.80. The Hall–Kier alpha value is -2.87. The maximum absolute atomic E-state index is 10.7. The number of nitrogens with one attached hydrogen (secondary N) is 1. The molecular formula is C19H21N3O4S. The molecule has 1 aliphatic heterocycles. The number of phenols is 2. The zero-order valence-corrected chi connectivity index (χ0v) is 15.5. The van der Waals surface area contributed by atoms with Gasteiger partial charge in [-0.2, -0.15) is 0 Å². The Kier molecular flexibility index (Phi) is 5.75. The number of thiocarbonyl (C=S) groups is 1. The van der Waals surface area contributed by atoms with Gasteiger partial charge in [0, 0.05) is 31.8 Å². The van der Waals surface area contributed by atoms with Crippen molar-refractivity contribution in [2.24, 2.45) is 0 Å². The Labute approximate surface area is 162 Å². The maximum atomic E-state index is 10.7. The van der Waals surface area contributed by atoms with Crippen molar-refractivity contribution in [3.63, 3.8) is 0 Å². The second kappa shape index (κ2) is 8.22. The van der Waals surface area contributed by atoms with Crippen LogP contribution in [0.4, 0.5) is 5.69 Å². The monoisotopic (exact) mass is 387 g/mol. The van der Waals surface area contributed by atoms with Gasteiger partial charge >= 0.3 is 0 Å². The molecule has 0 spiro atoms. The molecule has 0 unspecified atom stereocenters. The number of nitro benzene ring substituents is 1. The molecule has 0 amide bonds. The number of benzene rings is 2. The van der Waals surface area contributed by atoms with Crippen LogP contribution in [0, 0.1) is 10.1 Å². The highest BCUT2D eigenvalue weighted by Gasteiger charge is 2.18. The summed E-state index contributed by atoms with van der Waals surface area (Å²) in [6.45, 7) is 1.99. The van der Waals surface area contributed by atoms with Gasteiger partial charge in [-0.1, -0.05) is 12.1 Å². The molecule has 0 fully saturated rings. The van der Waals surface area contributed by atoms with Crippen molar-refractivity contribution in [1.82, 2.24) is 10.2 Å². The van der Waals surface area contributed by atoms with Crippen molar-refractivity contribution in [1.29, 1.82) is 0 Å². The summed E-state index contributed by atoms with van der Waals surface area (Å²) in [5.74, 6) is -0.210. The summed E-state index contributed by atoms with van der Waals surface area (Å²) < 4.78 is 0. The Morgan fingerprint density at radius 2 is 1.85 bits per heavy atom. The predicted octanol–water partition coefficient (Wildman–Crippen LogP) is 2.87. The molecule has 1 aliphatic rings. The lowest BCUT2D eigenvalue weighted by molar-refractivity contribution is -0.384. The van der Waals surface area contributed by atoms with Crippen molar-refractivity contribution >= 4 is 23.0 Å². The summed E-state index contributed by atoms with van der Waals surface area (Å²) in [5.41, 5.74) is 3.07. The number of non-ortho nitro benzene ring substituents is 1. The van der Waals surface area contributed by atoms with Gasteiger partial charge in [0.05, 0.1) is 4.92 Å². The average molecular weight is 387 g/mol. The fraction of sp³-hybridized carbons (Fsp3) is 0.316. The fourth-order valence-corrected chi connectivity index (χ4v) is 3.43. The number of fused-ring (bicyclic) bond motifs is 1. The molecule has 2 aromatic carbocycles. The Morgan fingerprint density at radius 1 is 1.19 bits per heavy atom. The maximum Gasteiger partial charge on any atom is 0.269 e. The first-order chi connectivity index (χ1) is 12.9. The molecule has 0 saturated carbocycles. The minimum Gasteiger partial charge on any atom is -0.504 e. The highest BCUT2D eigenvalue weighted by Crippen LogP contribution is 2.31. The second-order valence-electron chi connectivity index (χ2n) is 6.54. The quantitative estimate of drug-likeness (QED) is 0.321. The first-order valence-electron chi connectivity index (χ1n) is 8.74. The Morgan fingerprint density at radius 3 is 2.52 bits per heavy atom. The van der Waals surface area contributed by atoms with E-state index in [1.54, 1.807) is 24.3 Å². The van der Waals surface area contributed by atoms with Gasteiger partial charge in [-0.25, -0.2) is 0 Å². The van der Waals surface area contributed by atoms with E-state index in [9.17, 15) is 20.3 Å². The van der Waals surface area contributed by atoms with Gasteiger partial charge in [-0.15, -0.1) is 0 Å². The molecule has 2 aromatic rings. The average Bonchev–Trinajstić information content (AvgIpc) is 2.84. The Balaban J connectivity index is 1.56. The van der Waals surface area contributed by atoms with E-state index in [4.69, 9.17) is 12.2 Å². The van der Waals surface area contributed by atoms with Crippen LogP contribution in [0.5, 0.6) is 11.5 Å². The number of phenolic OH excluding ortho intramolecular Hbond substituents is 2. The topological polar surface area (TPSA) is 98.9 Å². The van der Waals surface area contributed by atoms with Crippen LogP contribution < -0.4 is 5.32 Å². The van der Waals surface area contributed by atoms with Gasteiger partial charge < -0.3 is 20.4 Å². The smallest absolute Gasteiger partial charge is 0.269 e. The third-order valence-electron chi connectivity index (χ3n) is 4.66. The van der Waals surface area contributed by atoms with E-state index in [-0.39, 0.29) is 17.2 Å². The number of hydrogen-bond donors (Lipinski definition) is 3. The van der Waals surface area contributed by atoms with Crippen molar-refractivity contribution in [2.45, 2.75) is 25.8 Å². The van der Waals surface area contributed by atoms with Crippen LogP contribution in [-0.4, -0.2) is 38.2 Å². The molecule has 142 valence electrons. The number of aromatic hydroxyl groups is 2. The molecule has 0 aromatic heterocycles. The second-order valence-corrected chi connectivity index (χ2v) is 6.93. The van der Waals surface area contributed by atoms with Crippen LogP contribution in [-0.2, 0) is 19.4 Å². The van der Waals surface area contributed by atoms with Crippen molar-refractivity contribution in [3.05, 3.63) is 63.2 Å². The van der Waals surface area contributed by atoms with E-state index in [1.165, 1.54) is 12.1 Å². The lowest BCUT2D eigenvalue weighted by Gasteiger charge is -2.24. The SMILES string of the molecule is O=[N+]([O-])c1ccc(CCNC(=S)N2CCCc3cc(O)c(O)cc3C2)cc1. The minimum atomic E-state index is -0.411. The number of nitro groups is 1. The number of rotatable bonds is 4. The van der Waals surface area contributed by atoms with Crippen molar-refractivity contribution < 1.29 is 15.1 Å². The molecule has 0 saturated heterocycles. The predicted molar refractivity (Wildman–Crippen MR) is 106 cm³/mol. The largest absolute Gasteiger partial charge is 0.504 e. The van der Waals surface area contributed by atoms with E-state index in [2.05, 4.69) is 5.32 Å². The molecule has 27 heavy (non-hydrogen) atoms. The fourth-order valence-electron chi connectivity index (χ4n) is 3.17. The van der Waals surface area contributed by atoms with Crippen LogP contribution in [0.3, 0.4) is 0 Å². The number of hydrogen-bond acceptors (Lipinski definition) is 5. The molecule has 3 N–H and O–H groups in total. The molecule has 0 bridgehead atoms. The van der Waals surface area contributed by atoms with Crippen LogP contribution in [0.2, 0.25) is 0 Å². The zero-order chi connectivity index (χ0) is 19.4. The summed E-state index contributed by atoms with van der Waals surface area (Å²) in [5, 5.41) is 34.0. The van der Waals surface area contributed by atoms with Crippen LogP contribution in [0.1, 0.15) is 23.1 Å². The van der Waals surface area contributed by atoms with Gasteiger partial charge in [0.25, 0.3) is 5.69 Å². The van der Waals surface area contributed by atoms with E-state index in [0.29, 0.717) is 24.6 Å². The van der Waals surface area contributed by atoms with Gasteiger partial charge in [0.2, 0.25) is 0 Å². The van der Waals surface area contributed by atoms with E-state index in [0.717, 1.165) is 36.1 Å². The van der Waals surface area contributed by atoms with Crippen molar-refractivity contribution in [3.8, 4) is 11.5 Å². The third kappa shape index (κ3) is 4.65. The van der Waals surface area contributed by atoms with Crippen LogP contribution in [0.25, 0.3) is 0 Å². The molecule has 0 aliphatic carbocycles. The standard InChI is InChI=1S/C19H21N3O4S/c23-17-10-14-2-1-9-21(12-15(14)11-18(17)24)19(27)20-8-7-13-3-5-16(6-4-13)22(25)26/h3-6,10-11,23-24H,1-2,7-9,12H2,(H,20,27). The normalized spacial score (nSPS) is 13.6. The molecular weight excluding hydrogens is 366 g/mol. The molecule has 7 nitrogen and oxygen atoms in total. The summed E-state index contributed by atoms with van der Waals surface area (Å²) in [4.78, 5) is 12.3. The molecule has 0 atom stereocenters. The minimum absolute atomic E-state index is 0.0831. The summed E-state index contributed by atoms with van der Waals surface area (Å²) >= 11 is 5.51. The lowest BCUT2D eigenvalue weighted by atomic mass is 10.0. The zero-order valence-electron chi connectivity index (χ0n) is 14.7. The van der Waals surface area contributed by atoms with Gasteiger partial charge in [0.1, 0.15) is 0 Å². The first-order valence-corrected chi connectivity index (χ1v) is 9.14. The molecule has 3 rings (SSSR count). The number of aryl methyl sites for hydroxylation is 1. The van der Waals surface area contributed by atoms with E-state index in [1.807, 2.05) is 4.90 Å². The number of nitrogens with zero attached hydrogens (tertiary/aromatic N) is 2.